The fraction of sp³-hybridized carbons (Fsp3) is 0.615. The van der Waals surface area contributed by atoms with Crippen LogP contribution in [0.3, 0.4) is 0 Å². The fourth-order valence-electron chi connectivity index (χ4n) is 2.57. The molecule has 0 aliphatic heterocycles. The maximum atomic E-state index is 11.0. The van der Waals surface area contributed by atoms with Gasteiger partial charge in [-0.3, -0.25) is 10.1 Å². The fourth-order valence-corrected chi connectivity index (χ4v) is 2.57. The first-order chi connectivity index (χ1) is 9.04. The van der Waals surface area contributed by atoms with Crippen molar-refractivity contribution in [3.63, 3.8) is 0 Å². The third-order valence-electron chi connectivity index (χ3n) is 3.82. The number of pyridine rings is 1. The van der Waals surface area contributed by atoms with Crippen molar-refractivity contribution in [2.45, 2.75) is 32.6 Å². The predicted molar refractivity (Wildman–Crippen MR) is 75.5 cm³/mol. The molecule has 0 bridgehead atoms. The zero-order valence-corrected chi connectivity index (χ0v) is 11.4. The highest BCUT2D eigenvalue weighted by atomic mass is 16.6. The Kier molecular flexibility index (Phi) is 3.87. The minimum atomic E-state index is -0.397. The zero-order chi connectivity index (χ0) is 13.9. The molecule has 19 heavy (non-hydrogen) atoms. The van der Waals surface area contributed by atoms with Gasteiger partial charge in [-0.15, -0.1) is 0 Å². The molecule has 6 nitrogen and oxygen atoms in total. The van der Waals surface area contributed by atoms with Crippen molar-refractivity contribution in [3.05, 3.63) is 22.2 Å². The first-order valence-corrected chi connectivity index (χ1v) is 6.61. The molecule has 1 saturated carbocycles. The second-order valence-electron chi connectivity index (χ2n) is 5.44. The van der Waals surface area contributed by atoms with Gasteiger partial charge in [0.2, 0.25) is 5.82 Å². The van der Waals surface area contributed by atoms with Crippen LogP contribution in [0, 0.1) is 15.5 Å². The van der Waals surface area contributed by atoms with Crippen molar-refractivity contribution in [2.24, 2.45) is 5.41 Å². The highest BCUT2D eigenvalue weighted by molar-refractivity contribution is 5.60. The molecular formula is C13H20N4O2. The summed E-state index contributed by atoms with van der Waals surface area (Å²) < 4.78 is 0. The quantitative estimate of drug-likeness (QED) is 0.631. The van der Waals surface area contributed by atoms with E-state index in [9.17, 15) is 10.1 Å². The van der Waals surface area contributed by atoms with Gasteiger partial charge in [0, 0.05) is 19.7 Å². The van der Waals surface area contributed by atoms with Crippen molar-refractivity contribution in [3.8, 4) is 0 Å². The summed E-state index contributed by atoms with van der Waals surface area (Å²) in [4.78, 5) is 14.8. The van der Waals surface area contributed by atoms with E-state index >= 15 is 0 Å². The van der Waals surface area contributed by atoms with Crippen molar-refractivity contribution in [1.29, 1.82) is 0 Å². The number of aromatic nitrogens is 1. The van der Waals surface area contributed by atoms with Gasteiger partial charge < -0.3 is 10.6 Å². The molecule has 0 unspecified atom stereocenters. The van der Waals surface area contributed by atoms with E-state index in [-0.39, 0.29) is 11.1 Å². The maximum absolute atomic E-state index is 11.0. The normalized spacial score (nSPS) is 17.2. The number of hydrogen-bond donors (Lipinski definition) is 2. The number of nitrogens with one attached hydrogen (secondary N) is 2. The standard InChI is InChI=1S/C13H20N4O2/c1-13(7-3-4-8-13)9-15-12-10(17(18)19)5-6-11(14-2)16-12/h5-6H,3-4,7-9H2,1-2H3,(H2,14,15,16). The smallest absolute Gasteiger partial charge is 0.311 e. The summed E-state index contributed by atoms with van der Waals surface area (Å²) in [6.07, 6.45) is 4.81. The molecule has 2 rings (SSSR count). The van der Waals surface area contributed by atoms with E-state index in [0.717, 1.165) is 6.54 Å². The lowest BCUT2D eigenvalue weighted by Gasteiger charge is -2.23. The van der Waals surface area contributed by atoms with E-state index in [1.807, 2.05) is 0 Å². The monoisotopic (exact) mass is 264 g/mol. The van der Waals surface area contributed by atoms with Gasteiger partial charge in [-0.05, 0) is 24.3 Å². The third kappa shape index (κ3) is 3.13. The summed E-state index contributed by atoms with van der Waals surface area (Å²) in [5.74, 6) is 0.981. The lowest BCUT2D eigenvalue weighted by molar-refractivity contribution is -0.384. The summed E-state index contributed by atoms with van der Waals surface area (Å²) in [5, 5.41) is 17.1. The highest BCUT2D eigenvalue weighted by Gasteiger charge is 2.29. The van der Waals surface area contributed by atoms with E-state index < -0.39 is 4.92 Å². The average Bonchev–Trinajstić information content (AvgIpc) is 2.83. The van der Waals surface area contributed by atoms with Gasteiger partial charge in [-0.25, -0.2) is 4.98 Å². The summed E-state index contributed by atoms with van der Waals surface area (Å²) >= 11 is 0. The summed E-state index contributed by atoms with van der Waals surface area (Å²) in [6.45, 7) is 2.95. The SMILES string of the molecule is CNc1ccc([N+](=O)[O-])c(NCC2(C)CCCC2)n1. The van der Waals surface area contributed by atoms with Crippen LogP contribution in [0.1, 0.15) is 32.6 Å². The van der Waals surface area contributed by atoms with Gasteiger partial charge >= 0.3 is 5.69 Å². The molecule has 1 aliphatic rings. The van der Waals surface area contributed by atoms with Crippen LogP contribution >= 0.6 is 0 Å². The number of rotatable bonds is 5. The predicted octanol–water partition coefficient (Wildman–Crippen LogP) is 3.02. The Balaban J connectivity index is 2.15. The first kappa shape index (κ1) is 13.6. The largest absolute Gasteiger partial charge is 0.373 e. The number of hydrogen-bond acceptors (Lipinski definition) is 5. The van der Waals surface area contributed by atoms with Crippen LogP contribution in [0.25, 0.3) is 0 Å². The molecule has 2 N–H and O–H groups in total. The molecular weight excluding hydrogens is 244 g/mol. The molecule has 1 aromatic heterocycles. The van der Waals surface area contributed by atoms with Crippen LogP contribution in [0.4, 0.5) is 17.3 Å². The Bertz CT molecular complexity index is 470. The van der Waals surface area contributed by atoms with Crippen molar-refractivity contribution in [2.75, 3.05) is 24.2 Å². The molecule has 0 atom stereocenters. The molecule has 0 aromatic carbocycles. The van der Waals surface area contributed by atoms with Gasteiger partial charge in [-0.1, -0.05) is 19.8 Å². The van der Waals surface area contributed by atoms with Crippen LogP contribution in [0.5, 0.6) is 0 Å². The van der Waals surface area contributed by atoms with Gasteiger partial charge in [0.05, 0.1) is 4.92 Å². The molecule has 1 aromatic rings. The van der Waals surface area contributed by atoms with E-state index in [4.69, 9.17) is 0 Å². The topological polar surface area (TPSA) is 80.1 Å². The molecule has 0 saturated heterocycles. The lowest BCUT2D eigenvalue weighted by Crippen LogP contribution is -2.23. The first-order valence-electron chi connectivity index (χ1n) is 6.61. The molecule has 0 radical (unpaired) electrons. The minimum Gasteiger partial charge on any atom is -0.373 e. The Hall–Kier alpha value is -1.85. The van der Waals surface area contributed by atoms with Crippen LogP contribution in [0.2, 0.25) is 0 Å². The van der Waals surface area contributed by atoms with E-state index in [1.54, 1.807) is 13.1 Å². The Morgan fingerprint density at radius 3 is 2.68 bits per heavy atom. The molecule has 1 fully saturated rings. The third-order valence-corrected chi connectivity index (χ3v) is 3.82. The Morgan fingerprint density at radius 1 is 1.42 bits per heavy atom. The minimum absolute atomic E-state index is 0.0283. The lowest BCUT2D eigenvalue weighted by atomic mass is 9.89. The number of nitrogens with zero attached hydrogens (tertiary/aromatic N) is 2. The van der Waals surface area contributed by atoms with Crippen molar-refractivity contribution >= 4 is 17.3 Å². The van der Waals surface area contributed by atoms with Crippen LogP contribution in [-0.4, -0.2) is 23.5 Å². The number of nitro groups is 1. The number of anilines is 2. The molecule has 1 heterocycles. The second-order valence-corrected chi connectivity index (χ2v) is 5.44. The summed E-state index contributed by atoms with van der Waals surface area (Å²) in [5.41, 5.74) is 0.256. The Labute approximate surface area is 112 Å². The highest BCUT2D eigenvalue weighted by Crippen LogP contribution is 2.38. The molecule has 1 aliphatic carbocycles. The van der Waals surface area contributed by atoms with E-state index in [1.165, 1.54) is 31.7 Å². The van der Waals surface area contributed by atoms with Gasteiger partial charge in [-0.2, -0.15) is 0 Å². The Morgan fingerprint density at radius 2 is 2.11 bits per heavy atom. The molecule has 0 spiro atoms. The van der Waals surface area contributed by atoms with Gasteiger partial charge in [0.1, 0.15) is 5.82 Å². The molecule has 104 valence electrons. The van der Waals surface area contributed by atoms with Gasteiger partial charge in [0.15, 0.2) is 0 Å². The molecule has 6 heteroatoms. The van der Waals surface area contributed by atoms with E-state index in [0.29, 0.717) is 11.6 Å². The van der Waals surface area contributed by atoms with Gasteiger partial charge in [0.25, 0.3) is 0 Å². The van der Waals surface area contributed by atoms with E-state index in [2.05, 4.69) is 22.5 Å². The van der Waals surface area contributed by atoms with Crippen molar-refractivity contribution < 1.29 is 4.92 Å². The summed E-state index contributed by atoms with van der Waals surface area (Å²) in [7, 11) is 1.75. The van der Waals surface area contributed by atoms with Crippen molar-refractivity contribution in [1.82, 2.24) is 4.98 Å². The van der Waals surface area contributed by atoms with Crippen LogP contribution < -0.4 is 10.6 Å². The maximum Gasteiger partial charge on any atom is 0.311 e. The second kappa shape index (κ2) is 5.42. The van der Waals surface area contributed by atoms with Crippen LogP contribution in [0.15, 0.2) is 12.1 Å². The molecule has 0 amide bonds. The average molecular weight is 264 g/mol. The summed E-state index contributed by atoms with van der Waals surface area (Å²) in [6, 6.07) is 3.10. The zero-order valence-electron chi connectivity index (χ0n) is 11.4. The van der Waals surface area contributed by atoms with Crippen LogP contribution in [-0.2, 0) is 0 Å².